The highest BCUT2D eigenvalue weighted by Gasteiger charge is 2.32. The zero-order valence-corrected chi connectivity index (χ0v) is 11.8. The number of hydrogen-bond donors (Lipinski definition) is 1. The number of carboxylic acids is 1. The van der Waals surface area contributed by atoms with Gasteiger partial charge in [-0.3, -0.25) is 0 Å². The number of benzene rings is 2. The van der Waals surface area contributed by atoms with E-state index in [4.69, 9.17) is 9.84 Å². The first-order valence-corrected chi connectivity index (χ1v) is 6.69. The van der Waals surface area contributed by atoms with Gasteiger partial charge in [0.2, 0.25) is 0 Å². The van der Waals surface area contributed by atoms with Gasteiger partial charge in [-0.05, 0) is 29.8 Å². The Hall–Kier alpha value is -2.36. The smallest absolute Gasteiger partial charge is 0.335 e. The number of aromatic carboxylic acids is 1. The van der Waals surface area contributed by atoms with Crippen LogP contribution in [0.3, 0.4) is 0 Å². The lowest BCUT2D eigenvalue weighted by molar-refractivity contribution is 0.0696. The predicted molar refractivity (Wildman–Crippen MR) is 77.3 cm³/mol. The van der Waals surface area contributed by atoms with Gasteiger partial charge in [0.25, 0.3) is 0 Å². The SMILES string of the molecule is CC1(C)COc2ccc(-c3ccc(C(=O)O)cc3F)cc21. The van der Waals surface area contributed by atoms with Gasteiger partial charge in [-0.1, -0.05) is 26.0 Å². The number of hydrogen-bond acceptors (Lipinski definition) is 2. The van der Waals surface area contributed by atoms with Crippen LogP contribution in [-0.4, -0.2) is 17.7 Å². The van der Waals surface area contributed by atoms with Crippen LogP contribution < -0.4 is 4.74 Å². The Labute approximate surface area is 122 Å². The van der Waals surface area contributed by atoms with Crippen LogP contribution in [0, 0.1) is 5.82 Å². The number of halogens is 1. The van der Waals surface area contributed by atoms with Crippen molar-refractivity contribution < 1.29 is 19.0 Å². The molecule has 0 aliphatic carbocycles. The number of carboxylic acid groups (broad SMARTS) is 1. The third kappa shape index (κ3) is 2.27. The lowest BCUT2D eigenvalue weighted by Gasteiger charge is -2.16. The number of ether oxygens (including phenoxy) is 1. The molecule has 0 unspecified atom stereocenters. The minimum atomic E-state index is -1.14. The molecule has 0 fully saturated rings. The highest BCUT2D eigenvalue weighted by atomic mass is 19.1. The predicted octanol–water partition coefficient (Wildman–Crippen LogP) is 3.86. The standard InChI is InChI=1S/C17H15FO3/c1-17(2)9-21-15-6-4-10(7-13(15)17)12-5-3-11(16(19)20)8-14(12)18/h3-8H,9H2,1-2H3,(H,19,20). The molecule has 3 rings (SSSR count). The summed E-state index contributed by atoms with van der Waals surface area (Å²) in [5.74, 6) is -0.846. The van der Waals surface area contributed by atoms with E-state index in [-0.39, 0.29) is 11.0 Å². The summed E-state index contributed by atoms with van der Waals surface area (Å²) in [4.78, 5) is 10.9. The summed E-state index contributed by atoms with van der Waals surface area (Å²) in [5.41, 5.74) is 2.00. The first-order chi connectivity index (χ1) is 9.88. The summed E-state index contributed by atoms with van der Waals surface area (Å²) in [6.07, 6.45) is 0. The number of rotatable bonds is 2. The van der Waals surface area contributed by atoms with Gasteiger partial charge in [0, 0.05) is 16.5 Å². The van der Waals surface area contributed by atoms with Crippen molar-refractivity contribution in [2.24, 2.45) is 0 Å². The normalized spacial score (nSPS) is 15.4. The van der Waals surface area contributed by atoms with Gasteiger partial charge in [-0.15, -0.1) is 0 Å². The zero-order valence-electron chi connectivity index (χ0n) is 11.8. The van der Waals surface area contributed by atoms with Gasteiger partial charge in [0.05, 0.1) is 12.2 Å². The summed E-state index contributed by atoms with van der Waals surface area (Å²) in [6.45, 7) is 4.76. The molecule has 2 aromatic carbocycles. The van der Waals surface area contributed by atoms with Crippen molar-refractivity contribution in [1.82, 2.24) is 0 Å². The molecule has 1 aliphatic rings. The first-order valence-electron chi connectivity index (χ1n) is 6.69. The maximum Gasteiger partial charge on any atom is 0.335 e. The molecule has 0 bridgehead atoms. The Balaban J connectivity index is 2.08. The van der Waals surface area contributed by atoms with E-state index in [0.29, 0.717) is 12.2 Å². The van der Waals surface area contributed by atoms with Crippen LogP contribution in [0.5, 0.6) is 5.75 Å². The van der Waals surface area contributed by atoms with Crippen LogP contribution in [0.4, 0.5) is 4.39 Å². The Morgan fingerprint density at radius 1 is 1.24 bits per heavy atom. The fourth-order valence-corrected chi connectivity index (χ4v) is 2.57. The van der Waals surface area contributed by atoms with E-state index in [2.05, 4.69) is 13.8 Å². The monoisotopic (exact) mass is 286 g/mol. The Kier molecular flexibility index (Phi) is 2.97. The Morgan fingerprint density at radius 3 is 2.67 bits per heavy atom. The van der Waals surface area contributed by atoms with Crippen LogP contribution in [0.25, 0.3) is 11.1 Å². The lowest BCUT2D eigenvalue weighted by Crippen LogP contribution is -2.18. The van der Waals surface area contributed by atoms with Gasteiger partial charge < -0.3 is 9.84 Å². The second-order valence-electron chi connectivity index (χ2n) is 5.88. The van der Waals surface area contributed by atoms with Crippen molar-refractivity contribution in [3.8, 4) is 16.9 Å². The first kappa shape index (κ1) is 13.6. The fourth-order valence-electron chi connectivity index (χ4n) is 2.57. The molecule has 3 nitrogen and oxygen atoms in total. The van der Waals surface area contributed by atoms with Crippen molar-refractivity contribution in [1.29, 1.82) is 0 Å². The second kappa shape index (κ2) is 4.58. The van der Waals surface area contributed by atoms with E-state index in [0.717, 1.165) is 22.9 Å². The molecule has 1 heterocycles. The third-order valence-electron chi connectivity index (χ3n) is 3.82. The summed E-state index contributed by atoms with van der Waals surface area (Å²) in [5, 5.41) is 8.88. The van der Waals surface area contributed by atoms with Crippen molar-refractivity contribution >= 4 is 5.97 Å². The van der Waals surface area contributed by atoms with Crippen LogP contribution in [-0.2, 0) is 5.41 Å². The van der Waals surface area contributed by atoms with E-state index in [9.17, 15) is 9.18 Å². The summed E-state index contributed by atoms with van der Waals surface area (Å²) < 4.78 is 19.8. The summed E-state index contributed by atoms with van der Waals surface area (Å²) in [7, 11) is 0. The van der Waals surface area contributed by atoms with Crippen molar-refractivity contribution in [2.75, 3.05) is 6.61 Å². The summed E-state index contributed by atoms with van der Waals surface area (Å²) >= 11 is 0. The molecule has 0 amide bonds. The van der Waals surface area contributed by atoms with Gasteiger partial charge in [0.15, 0.2) is 0 Å². The van der Waals surface area contributed by atoms with E-state index in [1.807, 2.05) is 12.1 Å². The molecule has 0 spiro atoms. The second-order valence-corrected chi connectivity index (χ2v) is 5.88. The molecule has 0 atom stereocenters. The molecule has 0 saturated heterocycles. The van der Waals surface area contributed by atoms with Crippen molar-refractivity contribution in [2.45, 2.75) is 19.3 Å². The average molecular weight is 286 g/mol. The highest BCUT2D eigenvalue weighted by Crippen LogP contribution is 2.40. The van der Waals surface area contributed by atoms with E-state index in [1.165, 1.54) is 12.1 Å². The quantitative estimate of drug-likeness (QED) is 0.911. The van der Waals surface area contributed by atoms with E-state index >= 15 is 0 Å². The van der Waals surface area contributed by atoms with E-state index in [1.54, 1.807) is 6.07 Å². The molecular weight excluding hydrogens is 271 g/mol. The van der Waals surface area contributed by atoms with Crippen molar-refractivity contribution in [3.63, 3.8) is 0 Å². The maximum atomic E-state index is 14.1. The maximum absolute atomic E-state index is 14.1. The third-order valence-corrected chi connectivity index (χ3v) is 3.82. The molecule has 1 aliphatic heterocycles. The van der Waals surface area contributed by atoms with Crippen LogP contribution in [0.15, 0.2) is 36.4 Å². The minimum Gasteiger partial charge on any atom is -0.492 e. The van der Waals surface area contributed by atoms with E-state index < -0.39 is 11.8 Å². The molecule has 4 heteroatoms. The van der Waals surface area contributed by atoms with Crippen LogP contribution >= 0.6 is 0 Å². The molecular formula is C17H15FO3. The lowest BCUT2D eigenvalue weighted by atomic mass is 9.85. The van der Waals surface area contributed by atoms with Gasteiger partial charge >= 0.3 is 5.97 Å². The average Bonchev–Trinajstić information content (AvgIpc) is 2.74. The zero-order chi connectivity index (χ0) is 15.2. The van der Waals surface area contributed by atoms with Gasteiger partial charge in [-0.25, -0.2) is 9.18 Å². The largest absolute Gasteiger partial charge is 0.492 e. The highest BCUT2D eigenvalue weighted by molar-refractivity contribution is 5.88. The molecule has 21 heavy (non-hydrogen) atoms. The molecule has 0 radical (unpaired) electrons. The van der Waals surface area contributed by atoms with Crippen LogP contribution in [0.1, 0.15) is 29.8 Å². The van der Waals surface area contributed by atoms with Crippen LogP contribution in [0.2, 0.25) is 0 Å². The molecule has 108 valence electrons. The number of fused-ring (bicyclic) bond motifs is 1. The topological polar surface area (TPSA) is 46.5 Å². The Bertz CT molecular complexity index is 735. The molecule has 1 N–H and O–H groups in total. The van der Waals surface area contributed by atoms with Crippen molar-refractivity contribution in [3.05, 3.63) is 53.3 Å². The molecule has 0 aromatic heterocycles. The Morgan fingerprint density at radius 2 is 2.00 bits per heavy atom. The fraction of sp³-hybridized carbons (Fsp3) is 0.235. The molecule has 2 aromatic rings. The van der Waals surface area contributed by atoms with Gasteiger partial charge in [-0.2, -0.15) is 0 Å². The minimum absolute atomic E-state index is 0.0546. The number of carbonyl (C=O) groups is 1. The molecule has 0 saturated carbocycles. The van der Waals surface area contributed by atoms with Gasteiger partial charge in [0.1, 0.15) is 11.6 Å². The summed E-state index contributed by atoms with van der Waals surface area (Å²) in [6, 6.07) is 9.51.